The molecule has 0 aliphatic rings. The Hall–Kier alpha value is -1.36. The highest BCUT2D eigenvalue weighted by Crippen LogP contribution is 1.93. The Morgan fingerprint density at radius 1 is 1.67 bits per heavy atom. The van der Waals surface area contributed by atoms with Crippen molar-refractivity contribution in [3.63, 3.8) is 0 Å². The molecule has 1 aromatic heterocycles. The molecule has 1 heterocycles. The summed E-state index contributed by atoms with van der Waals surface area (Å²) in [5.74, 6) is 1.00. The van der Waals surface area contributed by atoms with Crippen molar-refractivity contribution in [1.82, 2.24) is 20.6 Å². The van der Waals surface area contributed by atoms with Crippen molar-refractivity contribution in [2.75, 3.05) is 13.6 Å². The molecule has 5 nitrogen and oxygen atoms in total. The van der Waals surface area contributed by atoms with Crippen molar-refractivity contribution in [3.05, 3.63) is 18.2 Å². The quantitative estimate of drug-likeness (QED) is 0.582. The van der Waals surface area contributed by atoms with Gasteiger partial charge in [-0.25, -0.2) is 4.98 Å². The summed E-state index contributed by atoms with van der Waals surface area (Å²) in [6.45, 7) is 2.52. The van der Waals surface area contributed by atoms with Gasteiger partial charge in [-0.05, 0) is 20.4 Å². The normalized spacial score (nSPS) is 12.4. The minimum atomic E-state index is -0.131. The van der Waals surface area contributed by atoms with Crippen LogP contribution in [0.3, 0.4) is 0 Å². The maximum Gasteiger partial charge on any atom is 0.236 e. The van der Waals surface area contributed by atoms with Crippen LogP contribution in [-0.4, -0.2) is 35.5 Å². The van der Waals surface area contributed by atoms with Gasteiger partial charge in [0.05, 0.1) is 6.04 Å². The van der Waals surface area contributed by atoms with E-state index in [0.29, 0.717) is 6.54 Å². The molecule has 0 bridgehead atoms. The molecule has 3 N–H and O–H groups in total. The number of carbonyl (C=O) groups is 1. The van der Waals surface area contributed by atoms with Gasteiger partial charge >= 0.3 is 0 Å². The number of rotatable bonds is 6. The molecule has 1 unspecified atom stereocenters. The fourth-order valence-electron chi connectivity index (χ4n) is 1.19. The van der Waals surface area contributed by atoms with Gasteiger partial charge < -0.3 is 15.6 Å². The minimum absolute atomic E-state index is 0.0388. The standard InChI is InChI=1S/C10H18N4O/c1-8(11-2)10(15)14-5-3-4-9-12-6-7-13-9/h6-8,11H,3-5H2,1-2H3,(H,12,13)(H,14,15). The minimum Gasteiger partial charge on any atom is -0.355 e. The molecule has 0 spiro atoms. The van der Waals surface area contributed by atoms with Crippen molar-refractivity contribution < 1.29 is 4.79 Å². The molecule has 0 aliphatic carbocycles. The fraction of sp³-hybridized carbons (Fsp3) is 0.600. The van der Waals surface area contributed by atoms with Gasteiger partial charge in [-0.15, -0.1) is 0 Å². The van der Waals surface area contributed by atoms with Crippen LogP contribution in [0.25, 0.3) is 0 Å². The molecule has 1 atom stereocenters. The predicted molar refractivity (Wildman–Crippen MR) is 58.4 cm³/mol. The highest BCUT2D eigenvalue weighted by Gasteiger charge is 2.08. The summed E-state index contributed by atoms with van der Waals surface area (Å²) in [7, 11) is 1.77. The van der Waals surface area contributed by atoms with E-state index in [1.54, 1.807) is 19.4 Å². The van der Waals surface area contributed by atoms with E-state index in [1.807, 2.05) is 6.92 Å². The van der Waals surface area contributed by atoms with E-state index in [0.717, 1.165) is 18.7 Å². The summed E-state index contributed by atoms with van der Waals surface area (Å²) in [6.07, 6.45) is 5.30. The Kier molecular flexibility index (Phi) is 4.83. The first kappa shape index (κ1) is 11.7. The van der Waals surface area contributed by atoms with Crippen LogP contribution in [0.5, 0.6) is 0 Å². The number of nitrogens with one attached hydrogen (secondary N) is 3. The number of amides is 1. The molecule has 0 saturated heterocycles. The smallest absolute Gasteiger partial charge is 0.236 e. The van der Waals surface area contributed by atoms with Crippen LogP contribution in [0.2, 0.25) is 0 Å². The van der Waals surface area contributed by atoms with Gasteiger partial charge in [0.1, 0.15) is 5.82 Å². The molecule has 0 aromatic carbocycles. The maximum absolute atomic E-state index is 11.3. The zero-order valence-electron chi connectivity index (χ0n) is 9.21. The predicted octanol–water partition coefficient (Wildman–Crippen LogP) is 0.0664. The molecule has 0 fully saturated rings. The summed E-state index contributed by atoms with van der Waals surface area (Å²) in [5.41, 5.74) is 0. The molecule has 1 aromatic rings. The van der Waals surface area contributed by atoms with E-state index in [2.05, 4.69) is 20.6 Å². The zero-order valence-corrected chi connectivity index (χ0v) is 9.21. The third kappa shape index (κ3) is 4.12. The summed E-state index contributed by atoms with van der Waals surface area (Å²) in [5, 5.41) is 5.74. The third-order valence-electron chi connectivity index (χ3n) is 2.27. The summed E-state index contributed by atoms with van der Waals surface area (Å²) >= 11 is 0. The van der Waals surface area contributed by atoms with Gasteiger partial charge in [-0.2, -0.15) is 0 Å². The van der Waals surface area contributed by atoms with Crippen LogP contribution in [0.15, 0.2) is 12.4 Å². The monoisotopic (exact) mass is 210 g/mol. The number of carbonyl (C=O) groups excluding carboxylic acids is 1. The summed E-state index contributed by atoms with van der Waals surface area (Å²) in [6, 6.07) is -0.131. The number of imidazole rings is 1. The number of H-pyrrole nitrogens is 1. The molecule has 0 radical (unpaired) electrons. The van der Waals surface area contributed by atoms with Crippen molar-refractivity contribution in [1.29, 1.82) is 0 Å². The molecule has 1 rings (SSSR count). The highest BCUT2D eigenvalue weighted by atomic mass is 16.2. The van der Waals surface area contributed by atoms with Gasteiger partial charge in [0.15, 0.2) is 0 Å². The van der Waals surface area contributed by atoms with E-state index in [1.165, 1.54) is 0 Å². The molecule has 0 aliphatic heterocycles. The van der Waals surface area contributed by atoms with E-state index >= 15 is 0 Å². The van der Waals surface area contributed by atoms with E-state index in [-0.39, 0.29) is 11.9 Å². The van der Waals surface area contributed by atoms with E-state index < -0.39 is 0 Å². The van der Waals surface area contributed by atoms with Crippen LogP contribution < -0.4 is 10.6 Å². The number of likely N-dealkylation sites (N-methyl/N-ethyl adjacent to an activating group) is 1. The number of aromatic amines is 1. The number of aryl methyl sites for hydroxylation is 1. The highest BCUT2D eigenvalue weighted by molar-refractivity contribution is 5.81. The first-order chi connectivity index (χ1) is 7.24. The first-order valence-corrected chi connectivity index (χ1v) is 5.17. The third-order valence-corrected chi connectivity index (χ3v) is 2.27. The summed E-state index contributed by atoms with van der Waals surface area (Å²) in [4.78, 5) is 18.5. The Morgan fingerprint density at radius 3 is 3.07 bits per heavy atom. The number of nitrogens with zero attached hydrogens (tertiary/aromatic N) is 1. The molecular formula is C10H18N4O. The van der Waals surface area contributed by atoms with Crippen LogP contribution in [-0.2, 0) is 11.2 Å². The molecular weight excluding hydrogens is 192 g/mol. The Labute approximate surface area is 89.7 Å². The molecule has 84 valence electrons. The van der Waals surface area contributed by atoms with Gasteiger partial charge in [0.25, 0.3) is 0 Å². The fourth-order valence-corrected chi connectivity index (χ4v) is 1.19. The average molecular weight is 210 g/mol. The van der Waals surface area contributed by atoms with Crippen molar-refractivity contribution in [2.45, 2.75) is 25.8 Å². The summed E-state index contributed by atoms with van der Waals surface area (Å²) < 4.78 is 0. The lowest BCUT2D eigenvalue weighted by Crippen LogP contribution is -2.40. The van der Waals surface area contributed by atoms with Crippen molar-refractivity contribution in [3.8, 4) is 0 Å². The molecule has 15 heavy (non-hydrogen) atoms. The topological polar surface area (TPSA) is 69.8 Å². The lowest BCUT2D eigenvalue weighted by molar-refractivity contribution is -0.122. The van der Waals surface area contributed by atoms with Gasteiger partial charge in [-0.1, -0.05) is 0 Å². The average Bonchev–Trinajstić information content (AvgIpc) is 2.75. The second-order valence-electron chi connectivity index (χ2n) is 3.44. The second-order valence-corrected chi connectivity index (χ2v) is 3.44. The largest absolute Gasteiger partial charge is 0.355 e. The molecule has 0 saturated carbocycles. The number of hydrogen-bond acceptors (Lipinski definition) is 3. The van der Waals surface area contributed by atoms with Gasteiger partial charge in [0.2, 0.25) is 5.91 Å². The lowest BCUT2D eigenvalue weighted by Gasteiger charge is -2.10. The maximum atomic E-state index is 11.3. The van der Waals surface area contributed by atoms with Crippen LogP contribution in [0.4, 0.5) is 0 Å². The second kappa shape index (κ2) is 6.19. The lowest BCUT2D eigenvalue weighted by atomic mass is 10.2. The van der Waals surface area contributed by atoms with Gasteiger partial charge in [-0.3, -0.25) is 4.79 Å². The Balaban J connectivity index is 2.09. The van der Waals surface area contributed by atoms with Crippen LogP contribution >= 0.6 is 0 Å². The molecule has 1 amide bonds. The number of hydrogen-bond donors (Lipinski definition) is 3. The molecule has 5 heteroatoms. The number of aromatic nitrogens is 2. The Bertz CT molecular complexity index is 284. The Morgan fingerprint density at radius 2 is 2.47 bits per heavy atom. The zero-order chi connectivity index (χ0) is 11.1. The SMILES string of the molecule is CNC(C)C(=O)NCCCc1ncc[nH]1. The van der Waals surface area contributed by atoms with E-state index in [4.69, 9.17) is 0 Å². The van der Waals surface area contributed by atoms with E-state index in [9.17, 15) is 4.79 Å². The van der Waals surface area contributed by atoms with Crippen molar-refractivity contribution in [2.24, 2.45) is 0 Å². The first-order valence-electron chi connectivity index (χ1n) is 5.17. The van der Waals surface area contributed by atoms with Crippen LogP contribution in [0.1, 0.15) is 19.2 Å². The van der Waals surface area contributed by atoms with Crippen LogP contribution in [0, 0.1) is 0 Å². The van der Waals surface area contributed by atoms with Gasteiger partial charge in [0, 0.05) is 25.4 Å². The van der Waals surface area contributed by atoms with Crippen molar-refractivity contribution >= 4 is 5.91 Å².